The number of nitrogens with one attached hydrogen (secondary N) is 2. The van der Waals surface area contributed by atoms with E-state index in [0.29, 0.717) is 16.1 Å². The Bertz CT molecular complexity index is 1890. The highest BCUT2D eigenvalue weighted by Gasteiger charge is 2.36. The number of aromatic amines is 1. The Hall–Kier alpha value is -5.35. The highest BCUT2D eigenvalue weighted by molar-refractivity contribution is 6.30. The molecule has 0 spiro atoms. The fraction of sp³-hybridized carbons (Fsp3) is 0.0938. The summed E-state index contributed by atoms with van der Waals surface area (Å²) >= 11 is 5.99. The van der Waals surface area contributed by atoms with E-state index in [-0.39, 0.29) is 18.1 Å². The Morgan fingerprint density at radius 2 is 1.65 bits per heavy atom. The number of benzene rings is 4. The van der Waals surface area contributed by atoms with Crippen LogP contribution < -0.4 is 10.2 Å². The van der Waals surface area contributed by atoms with Crippen LogP contribution in [0.5, 0.6) is 0 Å². The molecule has 9 nitrogen and oxygen atoms in total. The number of nitrogens with zero attached hydrogens (tertiary/aromatic N) is 5. The quantitative estimate of drug-likeness (QED) is 0.223. The number of para-hydroxylation sites is 2. The van der Waals surface area contributed by atoms with Crippen LogP contribution in [0.25, 0.3) is 22.3 Å². The van der Waals surface area contributed by atoms with Gasteiger partial charge in [-0.1, -0.05) is 72.3 Å². The van der Waals surface area contributed by atoms with Gasteiger partial charge in [0.05, 0.1) is 5.69 Å². The lowest BCUT2D eigenvalue weighted by Gasteiger charge is -2.31. The highest BCUT2D eigenvalue weighted by atomic mass is 35.5. The number of halogens is 2. The number of hydrogen-bond donors (Lipinski definition) is 2. The molecule has 0 saturated heterocycles. The zero-order chi connectivity index (χ0) is 29.8. The highest BCUT2D eigenvalue weighted by Crippen LogP contribution is 2.34. The van der Waals surface area contributed by atoms with Crippen LogP contribution in [0.15, 0.2) is 109 Å². The standard InChI is InChI=1S/C32H25ClFN7O2/c33-23-16-14-22(15-17-23)31-37-39-40(38-31)20-29(42)41(28-13-7-5-11-26(28)34)30(25-19-35-27-12-6-4-10-24(25)27)32(43)36-18-21-8-2-1-3-9-21/h1-17,19,30,35H,18,20H2,(H,36,43). The zero-order valence-electron chi connectivity index (χ0n) is 22.7. The third kappa shape index (κ3) is 6.00. The van der Waals surface area contributed by atoms with E-state index in [4.69, 9.17) is 11.6 Å². The van der Waals surface area contributed by atoms with Gasteiger partial charge in [0, 0.05) is 39.8 Å². The van der Waals surface area contributed by atoms with Crippen LogP contribution >= 0.6 is 11.6 Å². The van der Waals surface area contributed by atoms with Crippen LogP contribution in [0.4, 0.5) is 10.1 Å². The third-order valence-electron chi connectivity index (χ3n) is 6.94. The average Bonchev–Trinajstić information content (AvgIpc) is 3.67. The van der Waals surface area contributed by atoms with Crippen molar-refractivity contribution in [2.24, 2.45) is 0 Å². The summed E-state index contributed by atoms with van der Waals surface area (Å²) in [6, 6.07) is 28.3. The van der Waals surface area contributed by atoms with Crippen molar-refractivity contribution < 1.29 is 14.0 Å². The molecule has 0 aliphatic carbocycles. The van der Waals surface area contributed by atoms with Crippen LogP contribution in [0.3, 0.4) is 0 Å². The number of carbonyl (C=O) groups excluding carboxylic acids is 2. The van der Waals surface area contributed by atoms with E-state index < -0.39 is 30.2 Å². The van der Waals surface area contributed by atoms with Crippen LogP contribution in [0.2, 0.25) is 5.02 Å². The lowest BCUT2D eigenvalue weighted by molar-refractivity contribution is -0.127. The second-order valence-corrected chi connectivity index (χ2v) is 10.2. The molecule has 2 N–H and O–H groups in total. The first-order chi connectivity index (χ1) is 21.0. The molecule has 1 atom stereocenters. The predicted octanol–water partition coefficient (Wildman–Crippen LogP) is 5.70. The zero-order valence-corrected chi connectivity index (χ0v) is 23.4. The van der Waals surface area contributed by atoms with E-state index in [9.17, 15) is 9.59 Å². The summed E-state index contributed by atoms with van der Waals surface area (Å²) in [4.78, 5) is 33.6. The van der Waals surface area contributed by atoms with Gasteiger partial charge in [-0.25, -0.2) is 4.39 Å². The molecule has 2 aromatic heterocycles. The van der Waals surface area contributed by atoms with Gasteiger partial charge in [0.15, 0.2) is 0 Å². The number of rotatable bonds is 9. The van der Waals surface area contributed by atoms with Gasteiger partial charge in [-0.15, -0.1) is 10.2 Å². The average molecular weight is 594 g/mol. The summed E-state index contributed by atoms with van der Waals surface area (Å²) in [6.07, 6.45) is 1.67. The molecule has 6 aromatic rings. The van der Waals surface area contributed by atoms with Gasteiger partial charge < -0.3 is 10.3 Å². The summed E-state index contributed by atoms with van der Waals surface area (Å²) < 4.78 is 15.4. The summed E-state index contributed by atoms with van der Waals surface area (Å²) in [6.45, 7) is -0.188. The molecule has 2 heterocycles. The molecular formula is C32H25ClFN7O2. The Balaban J connectivity index is 1.40. The van der Waals surface area contributed by atoms with Crippen molar-refractivity contribution in [1.29, 1.82) is 0 Å². The Morgan fingerprint density at radius 1 is 0.930 bits per heavy atom. The van der Waals surface area contributed by atoms with Crippen molar-refractivity contribution in [3.63, 3.8) is 0 Å². The molecule has 1 unspecified atom stereocenters. The number of hydrogen-bond acceptors (Lipinski definition) is 5. The van der Waals surface area contributed by atoms with E-state index in [2.05, 4.69) is 25.7 Å². The normalized spacial score (nSPS) is 11.8. The molecule has 2 amide bonds. The number of aromatic nitrogens is 5. The van der Waals surface area contributed by atoms with Crippen molar-refractivity contribution in [2.75, 3.05) is 4.90 Å². The van der Waals surface area contributed by atoms with E-state index in [0.717, 1.165) is 26.2 Å². The SMILES string of the molecule is O=C(NCc1ccccc1)C(c1c[nH]c2ccccc12)N(C(=O)Cn1nnc(-c2ccc(Cl)cc2)n1)c1ccccc1F. The minimum atomic E-state index is -1.23. The maximum Gasteiger partial charge on any atom is 0.251 e. The molecule has 214 valence electrons. The first-order valence-electron chi connectivity index (χ1n) is 13.5. The van der Waals surface area contributed by atoms with Crippen molar-refractivity contribution in [3.05, 3.63) is 131 Å². The van der Waals surface area contributed by atoms with Crippen LogP contribution in [0, 0.1) is 5.82 Å². The van der Waals surface area contributed by atoms with E-state index in [1.54, 1.807) is 36.5 Å². The molecule has 0 aliphatic heterocycles. The molecule has 0 fully saturated rings. The number of amides is 2. The molecule has 0 aliphatic rings. The molecule has 0 bridgehead atoms. The van der Waals surface area contributed by atoms with E-state index in [1.807, 2.05) is 54.6 Å². The second-order valence-electron chi connectivity index (χ2n) is 9.76. The topological polar surface area (TPSA) is 109 Å². The monoisotopic (exact) mass is 593 g/mol. The van der Waals surface area contributed by atoms with Gasteiger partial charge in [0.2, 0.25) is 11.7 Å². The number of fused-ring (bicyclic) bond motifs is 1. The first-order valence-corrected chi connectivity index (χ1v) is 13.8. The lowest BCUT2D eigenvalue weighted by atomic mass is 10.0. The Morgan fingerprint density at radius 3 is 2.44 bits per heavy atom. The van der Waals surface area contributed by atoms with Crippen LogP contribution in [-0.2, 0) is 22.7 Å². The molecule has 4 aromatic carbocycles. The lowest BCUT2D eigenvalue weighted by Crippen LogP contribution is -2.45. The van der Waals surface area contributed by atoms with E-state index >= 15 is 4.39 Å². The van der Waals surface area contributed by atoms with Gasteiger partial charge in [-0.3, -0.25) is 14.5 Å². The van der Waals surface area contributed by atoms with Gasteiger partial charge in [-0.2, -0.15) is 4.80 Å². The molecule has 6 rings (SSSR count). The van der Waals surface area contributed by atoms with E-state index in [1.165, 1.54) is 18.2 Å². The van der Waals surface area contributed by atoms with Crippen LogP contribution in [0.1, 0.15) is 17.2 Å². The van der Waals surface area contributed by atoms with Crippen molar-refractivity contribution in [1.82, 2.24) is 30.5 Å². The minimum absolute atomic E-state index is 0.0596. The molecule has 43 heavy (non-hydrogen) atoms. The summed E-state index contributed by atoms with van der Waals surface area (Å²) in [5, 5.41) is 16.7. The third-order valence-corrected chi connectivity index (χ3v) is 7.20. The summed E-state index contributed by atoms with van der Waals surface area (Å²) in [5.74, 6) is -1.48. The second kappa shape index (κ2) is 12.3. The number of anilines is 1. The fourth-order valence-electron chi connectivity index (χ4n) is 4.89. The molecule has 0 radical (unpaired) electrons. The fourth-order valence-corrected chi connectivity index (χ4v) is 5.01. The van der Waals surface area contributed by atoms with Gasteiger partial charge in [0.25, 0.3) is 5.91 Å². The summed E-state index contributed by atoms with van der Waals surface area (Å²) in [7, 11) is 0. The first kappa shape index (κ1) is 27.8. The predicted molar refractivity (Wildman–Crippen MR) is 161 cm³/mol. The van der Waals surface area contributed by atoms with Crippen LogP contribution in [-0.4, -0.2) is 37.0 Å². The van der Waals surface area contributed by atoms with Crippen molar-refractivity contribution in [3.8, 4) is 11.4 Å². The largest absolute Gasteiger partial charge is 0.361 e. The number of carbonyl (C=O) groups is 2. The summed E-state index contributed by atoms with van der Waals surface area (Å²) in [5.41, 5.74) is 2.75. The molecule has 0 saturated carbocycles. The molecular weight excluding hydrogens is 569 g/mol. The van der Waals surface area contributed by atoms with Crippen molar-refractivity contribution >= 4 is 40.0 Å². The Kier molecular flexibility index (Phi) is 7.92. The van der Waals surface area contributed by atoms with Gasteiger partial charge >= 0.3 is 0 Å². The number of H-pyrrole nitrogens is 1. The maximum atomic E-state index is 15.4. The Labute approximate surface area is 250 Å². The van der Waals surface area contributed by atoms with Gasteiger partial charge in [0.1, 0.15) is 18.4 Å². The molecule has 11 heteroatoms. The maximum absolute atomic E-state index is 15.4. The number of tetrazole rings is 1. The smallest absolute Gasteiger partial charge is 0.251 e. The van der Waals surface area contributed by atoms with Crippen molar-refractivity contribution in [2.45, 2.75) is 19.1 Å². The van der Waals surface area contributed by atoms with Gasteiger partial charge in [-0.05, 0) is 53.2 Å². The minimum Gasteiger partial charge on any atom is -0.361 e.